The third-order valence-electron chi connectivity index (χ3n) is 6.06. The quantitative estimate of drug-likeness (QED) is 0.458. The smallest absolute Gasteiger partial charge is 0.339 e. The van der Waals surface area contributed by atoms with Crippen LogP contribution >= 0.6 is 0 Å². The molecule has 2 aromatic carbocycles. The van der Waals surface area contributed by atoms with E-state index in [4.69, 9.17) is 9.15 Å². The van der Waals surface area contributed by atoms with E-state index in [9.17, 15) is 4.79 Å². The van der Waals surface area contributed by atoms with Crippen molar-refractivity contribution in [1.29, 1.82) is 0 Å². The molecule has 4 nitrogen and oxygen atoms in total. The van der Waals surface area contributed by atoms with Gasteiger partial charge in [-0.1, -0.05) is 49.6 Å². The van der Waals surface area contributed by atoms with Crippen molar-refractivity contribution in [1.82, 2.24) is 4.90 Å². The molecule has 4 heteroatoms. The Hall–Kier alpha value is -2.59. The van der Waals surface area contributed by atoms with Crippen LogP contribution in [0.1, 0.15) is 61.7 Å². The van der Waals surface area contributed by atoms with Gasteiger partial charge < -0.3 is 14.1 Å². The lowest BCUT2D eigenvalue weighted by atomic mass is 9.84. The zero-order valence-electron chi connectivity index (χ0n) is 18.0. The van der Waals surface area contributed by atoms with Gasteiger partial charge in [0.25, 0.3) is 0 Å². The number of hydrogen-bond acceptors (Lipinski definition) is 4. The van der Waals surface area contributed by atoms with Gasteiger partial charge in [0.05, 0.1) is 0 Å². The second-order valence-corrected chi connectivity index (χ2v) is 8.63. The summed E-state index contributed by atoms with van der Waals surface area (Å²) in [6.45, 7) is 0.938. The molecule has 1 heterocycles. The molecule has 0 radical (unpaired) electrons. The van der Waals surface area contributed by atoms with Crippen molar-refractivity contribution in [3.63, 3.8) is 0 Å². The second-order valence-electron chi connectivity index (χ2n) is 8.63. The first-order valence-electron chi connectivity index (χ1n) is 11.0. The number of rotatable bonds is 7. The summed E-state index contributed by atoms with van der Waals surface area (Å²) in [5, 5.41) is 0.937. The third kappa shape index (κ3) is 4.93. The molecule has 30 heavy (non-hydrogen) atoms. The summed E-state index contributed by atoms with van der Waals surface area (Å²) in [5.41, 5.74) is 2.43. The first-order chi connectivity index (χ1) is 14.6. The zero-order chi connectivity index (χ0) is 20.9. The molecular weight excluding hydrogens is 374 g/mol. The summed E-state index contributed by atoms with van der Waals surface area (Å²) in [7, 11) is 4.15. The standard InChI is InChI=1S/C26H31NO3/c1-27(2)16-15-25(20-11-7-4-8-12-20)29-22-13-14-24-21(17-22)18-23(26(28)30-24)19-9-5-3-6-10-19/h4,7-8,11-14,17-19,25H,3,5-6,9-10,15-16H2,1-2H3. The van der Waals surface area contributed by atoms with Gasteiger partial charge >= 0.3 is 5.63 Å². The Morgan fingerprint density at radius 3 is 2.53 bits per heavy atom. The lowest BCUT2D eigenvalue weighted by Crippen LogP contribution is -2.18. The predicted octanol–water partition coefficient (Wildman–Crippen LogP) is 5.91. The second kappa shape index (κ2) is 9.48. The van der Waals surface area contributed by atoms with Gasteiger partial charge in [0.2, 0.25) is 0 Å². The number of ether oxygens (including phenoxy) is 1. The number of nitrogens with zero attached hydrogens (tertiary/aromatic N) is 1. The normalized spacial score (nSPS) is 16.1. The Morgan fingerprint density at radius 1 is 1.03 bits per heavy atom. The van der Waals surface area contributed by atoms with E-state index in [1.54, 1.807) is 0 Å². The molecule has 1 aliphatic carbocycles. The summed E-state index contributed by atoms with van der Waals surface area (Å²) in [6, 6.07) is 18.1. The van der Waals surface area contributed by atoms with Crippen LogP contribution < -0.4 is 10.4 Å². The molecule has 3 aromatic rings. The van der Waals surface area contributed by atoms with Gasteiger partial charge in [-0.2, -0.15) is 0 Å². The van der Waals surface area contributed by atoms with Gasteiger partial charge in [-0.05, 0) is 62.7 Å². The fourth-order valence-electron chi connectivity index (χ4n) is 4.39. The minimum absolute atomic E-state index is 0.0282. The molecule has 1 atom stereocenters. The number of fused-ring (bicyclic) bond motifs is 1. The summed E-state index contributed by atoms with van der Waals surface area (Å²) in [6.07, 6.45) is 6.67. The highest BCUT2D eigenvalue weighted by Gasteiger charge is 2.20. The Morgan fingerprint density at radius 2 is 1.80 bits per heavy atom. The SMILES string of the molecule is CN(C)CCC(Oc1ccc2oc(=O)c(C3CCCCC3)cc2c1)c1ccccc1. The molecule has 1 saturated carbocycles. The fourth-order valence-corrected chi connectivity index (χ4v) is 4.39. The van der Waals surface area contributed by atoms with E-state index in [0.29, 0.717) is 11.5 Å². The molecular formula is C26H31NO3. The average molecular weight is 406 g/mol. The summed E-state index contributed by atoms with van der Waals surface area (Å²) >= 11 is 0. The Labute approximate surface area is 178 Å². The maximum absolute atomic E-state index is 12.5. The van der Waals surface area contributed by atoms with Crippen molar-refractivity contribution >= 4 is 11.0 Å². The highest BCUT2D eigenvalue weighted by atomic mass is 16.5. The van der Waals surface area contributed by atoms with Crippen LogP contribution in [0.3, 0.4) is 0 Å². The van der Waals surface area contributed by atoms with E-state index < -0.39 is 0 Å². The maximum Gasteiger partial charge on any atom is 0.339 e. The Balaban J connectivity index is 1.62. The molecule has 1 aromatic heterocycles. The summed E-state index contributed by atoms with van der Waals surface area (Å²) in [5.74, 6) is 1.12. The van der Waals surface area contributed by atoms with Crippen LogP contribution in [0, 0.1) is 0 Å². The molecule has 0 amide bonds. The van der Waals surface area contributed by atoms with Crippen LogP contribution in [-0.4, -0.2) is 25.5 Å². The van der Waals surface area contributed by atoms with Gasteiger partial charge in [0, 0.05) is 23.9 Å². The van der Waals surface area contributed by atoms with Crippen molar-refractivity contribution in [3.05, 3.63) is 76.1 Å². The van der Waals surface area contributed by atoms with Gasteiger partial charge in [-0.15, -0.1) is 0 Å². The highest BCUT2D eigenvalue weighted by Crippen LogP contribution is 2.33. The highest BCUT2D eigenvalue weighted by molar-refractivity contribution is 5.78. The van der Waals surface area contributed by atoms with Gasteiger partial charge in [-0.25, -0.2) is 4.79 Å². The van der Waals surface area contributed by atoms with E-state index in [1.165, 1.54) is 24.8 Å². The summed E-state index contributed by atoms with van der Waals surface area (Å²) < 4.78 is 12.1. The third-order valence-corrected chi connectivity index (χ3v) is 6.06. The molecule has 1 unspecified atom stereocenters. The molecule has 0 N–H and O–H groups in total. The van der Waals surface area contributed by atoms with Crippen LogP contribution in [0.2, 0.25) is 0 Å². The van der Waals surface area contributed by atoms with E-state index in [1.807, 2.05) is 42.5 Å². The first-order valence-corrected chi connectivity index (χ1v) is 11.0. The number of hydrogen-bond donors (Lipinski definition) is 0. The minimum Gasteiger partial charge on any atom is -0.486 e. The van der Waals surface area contributed by atoms with E-state index in [0.717, 1.165) is 42.5 Å². The molecule has 0 aliphatic heterocycles. The van der Waals surface area contributed by atoms with Crippen molar-refractivity contribution in [2.75, 3.05) is 20.6 Å². The van der Waals surface area contributed by atoms with Gasteiger partial charge in [0.15, 0.2) is 0 Å². The van der Waals surface area contributed by atoms with Gasteiger partial charge in [0.1, 0.15) is 17.4 Å². The van der Waals surface area contributed by atoms with Crippen LogP contribution in [0.5, 0.6) is 5.75 Å². The minimum atomic E-state index is -0.184. The van der Waals surface area contributed by atoms with Gasteiger partial charge in [-0.3, -0.25) is 0 Å². The van der Waals surface area contributed by atoms with Crippen LogP contribution in [-0.2, 0) is 0 Å². The average Bonchev–Trinajstić information content (AvgIpc) is 2.77. The monoisotopic (exact) mass is 405 g/mol. The predicted molar refractivity (Wildman–Crippen MR) is 121 cm³/mol. The fraction of sp³-hybridized carbons (Fsp3) is 0.423. The van der Waals surface area contributed by atoms with Crippen LogP contribution in [0.15, 0.2) is 63.8 Å². The maximum atomic E-state index is 12.5. The first kappa shape index (κ1) is 20.7. The largest absolute Gasteiger partial charge is 0.486 e. The molecule has 1 aliphatic rings. The van der Waals surface area contributed by atoms with Crippen molar-refractivity contribution in [3.8, 4) is 5.75 Å². The molecule has 1 fully saturated rings. The molecule has 0 spiro atoms. The Kier molecular flexibility index (Phi) is 6.53. The van der Waals surface area contributed by atoms with Crippen LogP contribution in [0.4, 0.5) is 0 Å². The lowest BCUT2D eigenvalue weighted by molar-refractivity contribution is 0.179. The molecule has 0 saturated heterocycles. The van der Waals surface area contributed by atoms with Crippen molar-refractivity contribution < 1.29 is 9.15 Å². The van der Waals surface area contributed by atoms with E-state index >= 15 is 0 Å². The van der Waals surface area contributed by atoms with E-state index in [-0.39, 0.29) is 11.7 Å². The zero-order valence-corrected chi connectivity index (χ0v) is 18.0. The van der Waals surface area contributed by atoms with E-state index in [2.05, 4.69) is 31.1 Å². The summed E-state index contributed by atoms with van der Waals surface area (Å²) in [4.78, 5) is 14.7. The number of benzene rings is 2. The van der Waals surface area contributed by atoms with Crippen LogP contribution in [0.25, 0.3) is 11.0 Å². The van der Waals surface area contributed by atoms with Crippen molar-refractivity contribution in [2.24, 2.45) is 0 Å². The molecule has 4 rings (SSSR count). The lowest BCUT2D eigenvalue weighted by Gasteiger charge is -2.22. The van der Waals surface area contributed by atoms with Crippen molar-refractivity contribution in [2.45, 2.75) is 50.5 Å². The molecule has 0 bridgehead atoms. The topological polar surface area (TPSA) is 42.7 Å². The molecule has 158 valence electrons. The Bertz CT molecular complexity index is 1020.